The summed E-state index contributed by atoms with van der Waals surface area (Å²) in [6.07, 6.45) is 0.965. The van der Waals surface area contributed by atoms with Crippen molar-refractivity contribution in [1.29, 1.82) is 0 Å². The van der Waals surface area contributed by atoms with Crippen LogP contribution in [0.25, 0.3) is 17.0 Å². The number of rotatable bonds is 5. The Bertz CT molecular complexity index is 1460. The number of benzene rings is 3. The zero-order valence-electron chi connectivity index (χ0n) is 20.7. The minimum Gasteiger partial charge on any atom is -0.351 e. The van der Waals surface area contributed by atoms with Gasteiger partial charge in [0.2, 0.25) is 5.82 Å². The van der Waals surface area contributed by atoms with Gasteiger partial charge < -0.3 is 9.84 Å². The SMILES string of the molecule is CCc1ccc(-c2noc(C3=C(C)N(c4ccc(F)c(C)c4)C(=S)NC3c3ccc(C)cc3)n2)cc1. The molecule has 0 amide bonds. The summed E-state index contributed by atoms with van der Waals surface area (Å²) < 4.78 is 19.9. The van der Waals surface area contributed by atoms with Crippen LogP contribution < -0.4 is 10.2 Å². The number of aromatic nitrogens is 2. The molecule has 1 atom stereocenters. The van der Waals surface area contributed by atoms with Gasteiger partial charge in [-0.3, -0.25) is 4.90 Å². The van der Waals surface area contributed by atoms with E-state index in [0.29, 0.717) is 22.4 Å². The van der Waals surface area contributed by atoms with Crippen LogP contribution in [0.1, 0.15) is 48.0 Å². The number of allylic oxidation sites excluding steroid dienone is 1. The summed E-state index contributed by atoms with van der Waals surface area (Å²) in [5.41, 5.74) is 7.29. The van der Waals surface area contributed by atoms with Crippen LogP contribution in [0.3, 0.4) is 0 Å². The van der Waals surface area contributed by atoms with Crippen LogP contribution in [-0.2, 0) is 6.42 Å². The second-order valence-electron chi connectivity index (χ2n) is 9.03. The highest BCUT2D eigenvalue weighted by molar-refractivity contribution is 7.80. The van der Waals surface area contributed by atoms with Crippen LogP contribution >= 0.6 is 12.2 Å². The van der Waals surface area contributed by atoms with Crippen molar-refractivity contribution in [2.24, 2.45) is 0 Å². The number of hydrogen-bond donors (Lipinski definition) is 1. The smallest absolute Gasteiger partial charge is 0.258 e. The van der Waals surface area contributed by atoms with Crippen LogP contribution in [0.4, 0.5) is 10.1 Å². The number of halogens is 1. The molecule has 0 saturated heterocycles. The first-order valence-corrected chi connectivity index (χ1v) is 12.3. The minimum atomic E-state index is -0.285. The van der Waals surface area contributed by atoms with Crippen molar-refractivity contribution >= 4 is 28.6 Å². The van der Waals surface area contributed by atoms with Crippen LogP contribution in [0.5, 0.6) is 0 Å². The number of aryl methyl sites for hydroxylation is 3. The minimum absolute atomic E-state index is 0.260. The third-order valence-corrected chi connectivity index (χ3v) is 6.87. The highest BCUT2D eigenvalue weighted by Crippen LogP contribution is 2.39. The summed E-state index contributed by atoms with van der Waals surface area (Å²) >= 11 is 5.79. The topological polar surface area (TPSA) is 54.2 Å². The molecule has 0 spiro atoms. The predicted molar refractivity (Wildman–Crippen MR) is 145 cm³/mol. The van der Waals surface area contributed by atoms with Gasteiger partial charge in [-0.15, -0.1) is 0 Å². The number of nitrogens with zero attached hydrogens (tertiary/aromatic N) is 3. The fourth-order valence-corrected chi connectivity index (χ4v) is 4.81. The lowest BCUT2D eigenvalue weighted by Gasteiger charge is -2.37. The van der Waals surface area contributed by atoms with Crippen molar-refractivity contribution in [1.82, 2.24) is 15.5 Å². The Hall–Kier alpha value is -3.84. The number of hydrogen-bond acceptors (Lipinski definition) is 4. The zero-order chi connectivity index (χ0) is 25.4. The summed E-state index contributed by atoms with van der Waals surface area (Å²) in [5.74, 6) is 0.670. The van der Waals surface area contributed by atoms with Crippen LogP contribution in [0.15, 0.2) is 77.0 Å². The molecule has 0 bridgehead atoms. The van der Waals surface area contributed by atoms with Gasteiger partial charge in [0.1, 0.15) is 5.82 Å². The van der Waals surface area contributed by atoms with Gasteiger partial charge in [-0.05, 0) is 74.3 Å². The van der Waals surface area contributed by atoms with Gasteiger partial charge >= 0.3 is 0 Å². The standard InChI is InChI=1S/C29H27FN4OS/c1-5-20-8-12-22(13-9-20)27-32-28(35-33-27)25-19(4)34(23-14-15-24(30)18(3)16-23)29(36)31-26(25)21-10-6-17(2)7-11-21/h6-16,26H,5H2,1-4H3,(H,31,36). The van der Waals surface area contributed by atoms with E-state index in [2.05, 4.69) is 60.7 Å². The Morgan fingerprint density at radius 2 is 1.72 bits per heavy atom. The molecule has 0 fully saturated rings. The highest BCUT2D eigenvalue weighted by atomic mass is 32.1. The Balaban J connectivity index is 1.64. The molecule has 1 aliphatic heterocycles. The molecule has 0 radical (unpaired) electrons. The lowest BCUT2D eigenvalue weighted by molar-refractivity contribution is 0.404. The van der Waals surface area contributed by atoms with E-state index in [-0.39, 0.29) is 11.9 Å². The van der Waals surface area contributed by atoms with Gasteiger partial charge in [0, 0.05) is 16.9 Å². The molecule has 1 N–H and O–H groups in total. The van der Waals surface area contributed by atoms with E-state index >= 15 is 0 Å². The quantitative estimate of drug-likeness (QED) is 0.301. The molecule has 4 aromatic rings. The van der Waals surface area contributed by atoms with Crippen molar-refractivity contribution in [2.75, 3.05) is 4.90 Å². The van der Waals surface area contributed by atoms with E-state index in [1.807, 2.05) is 24.0 Å². The Labute approximate surface area is 215 Å². The van der Waals surface area contributed by atoms with Gasteiger partial charge in [0.05, 0.1) is 11.6 Å². The molecule has 7 heteroatoms. The van der Waals surface area contributed by atoms with E-state index < -0.39 is 0 Å². The maximum atomic E-state index is 14.0. The Morgan fingerprint density at radius 1 is 1.00 bits per heavy atom. The van der Waals surface area contributed by atoms with E-state index in [4.69, 9.17) is 21.7 Å². The van der Waals surface area contributed by atoms with Gasteiger partial charge in [0.15, 0.2) is 5.11 Å². The first-order chi connectivity index (χ1) is 17.4. The van der Waals surface area contributed by atoms with E-state index in [1.54, 1.807) is 19.1 Å². The van der Waals surface area contributed by atoms with Crippen molar-refractivity contribution in [3.8, 4) is 11.4 Å². The lowest BCUT2D eigenvalue weighted by Crippen LogP contribution is -2.46. The summed E-state index contributed by atoms with van der Waals surface area (Å²) in [6.45, 7) is 7.89. The molecule has 1 unspecified atom stereocenters. The first kappa shape index (κ1) is 23.9. The first-order valence-electron chi connectivity index (χ1n) is 11.9. The second-order valence-corrected chi connectivity index (χ2v) is 9.42. The highest BCUT2D eigenvalue weighted by Gasteiger charge is 2.35. The molecule has 1 aliphatic rings. The maximum absolute atomic E-state index is 14.0. The lowest BCUT2D eigenvalue weighted by atomic mass is 9.94. The molecule has 1 aromatic heterocycles. The fourth-order valence-electron chi connectivity index (χ4n) is 4.45. The van der Waals surface area contributed by atoms with Crippen molar-refractivity contribution < 1.29 is 8.91 Å². The molecule has 0 aliphatic carbocycles. The predicted octanol–water partition coefficient (Wildman–Crippen LogP) is 6.92. The molecule has 5 rings (SSSR count). The molecular formula is C29H27FN4OS. The fraction of sp³-hybridized carbons (Fsp3) is 0.207. The molecule has 2 heterocycles. The zero-order valence-corrected chi connectivity index (χ0v) is 21.5. The average molecular weight is 499 g/mol. The summed E-state index contributed by atoms with van der Waals surface area (Å²) in [4.78, 5) is 6.67. The normalized spacial score (nSPS) is 15.9. The van der Waals surface area contributed by atoms with Crippen molar-refractivity contribution in [3.05, 3.63) is 106 Å². The monoisotopic (exact) mass is 498 g/mol. The van der Waals surface area contributed by atoms with Crippen LogP contribution in [0.2, 0.25) is 0 Å². The van der Waals surface area contributed by atoms with Gasteiger partial charge in [-0.1, -0.05) is 66.2 Å². The maximum Gasteiger partial charge on any atom is 0.258 e. The number of nitrogens with one attached hydrogen (secondary N) is 1. The number of thiocarbonyl (C=S) groups is 1. The summed E-state index contributed by atoms with van der Waals surface area (Å²) in [7, 11) is 0. The average Bonchev–Trinajstić information content (AvgIpc) is 3.36. The molecule has 0 saturated carbocycles. The molecule has 5 nitrogen and oxygen atoms in total. The number of anilines is 1. The third kappa shape index (κ3) is 4.42. The largest absolute Gasteiger partial charge is 0.351 e. The van der Waals surface area contributed by atoms with E-state index in [0.717, 1.165) is 34.5 Å². The summed E-state index contributed by atoms with van der Waals surface area (Å²) in [5, 5.41) is 8.26. The van der Waals surface area contributed by atoms with Gasteiger partial charge in [0.25, 0.3) is 5.89 Å². The van der Waals surface area contributed by atoms with Gasteiger partial charge in [-0.25, -0.2) is 4.39 Å². The van der Waals surface area contributed by atoms with Crippen molar-refractivity contribution in [3.63, 3.8) is 0 Å². The Morgan fingerprint density at radius 3 is 2.39 bits per heavy atom. The van der Waals surface area contributed by atoms with Gasteiger partial charge in [-0.2, -0.15) is 4.98 Å². The third-order valence-electron chi connectivity index (χ3n) is 6.57. The van der Waals surface area contributed by atoms with Crippen LogP contribution in [0, 0.1) is 19.7 Å². The molecule has 3 aromatic carbocycles. The summed E-state index contributed by atoms with van der Waals surface area (Å²) in [6, 6.07) is 21.1. The van der Waals surface area contributed by atoms with E-state index in [1.165, 1.54) is 17.2 Å². The van der Waals surface area contributed by atoms with Crippen molar-refractivity contribution in [2.45, 2.75) is 40.2 Å². The van der Waals surface area contributed by atoms with Crippen LogP contribution in [-0.4, -0.2) is 15.3 Å². The molecule has 182 valence electrons. The second kappa shape index (κ2) is 9.66. The Kier molecular flexibility index (Phi) is 6.41. The van der Waals surface area contributed by atoms with E-state index in [9.17, 15) is 4.39 Å². The molecule has 36 heavy (non-hydrogen) atoms. The molecular weight excluding hydrogens is 471 g/mol.